The lowest BCUT2D eigenvalue weighted by molar-refractivity contribution is -0.384. The molecular formula is C22H26N2O6. The Hall–Kier alpha value is -3.42. The number of carbonyl (C=O) groups excluding carboxylic acids is 2. The first-order chi connectivity index (χ1) is 13.8. The van der Waals surface area contributed by atoms with Crippen LogP contribution in [-0.2, 0) is 9.47 Å². The highest BCUT2D eigenvalue weighted by molar-refractivity contribution is 5.97. The lowest BCUT2D eigenvalue weighted by Gasteiger charge is -2.21. The van der Waals surface area contributed by atoms with Crippen molar-refractivity contribution in [1.82, 2.24) is 0 Å². The molecule has 0 atom stereocenters. The summed E-state index contributed by atoms with van der Waals surface area (Å²) in [6.07, 6.45) is 0. The molecule has 0 amide bonds. The van der Waals surface area contributed by atoms with Gasteiger partial charge in [0.15, 0.2) is 0 Å². The molecule has 2 rings (SSSR count). The van der Waals surface area contributed by atoms with Crippen LogP contribution in [-0.4, -0.2) is 28.1 Å². The van der Waals surface area contributed by atoms with Crippen molar-refractivity contribution in [3.8, 4) is 0 Å². The normalized spacial score (nSPS) is 11.5. The van der Waals surface area contributed by atoms with Crippen LogP contribution in [0.25, 0.3) is 0 Å². The molecule has 0 heterocycles. The molecule has 0 bridgehead atoms. The summed E-state index contributed by atoms with van der Waals surface area (Å²) in [5.74, 6) is -1.22. The first kappa shape index (κ1) is 22.9. The maximum atomic E-state index is 12.5. The fraction of sp³-hybridized carbons (Fsp3) is 0.364. The predicted molar refractivity (Wildman–Crippen MR) is 113 cm³/mol. The molecule has 0 fully saturated rings. The molecule has 0 aliphatic carbocycles. The van der Waals surface area contributed by atoms with Crippen LogP contribution in [0.3, 0.4) is 0 Å². The van der Waals surface area contributed by atoms with Gasteiger partial charge >= 0.3 is 11.9 Å². The van der Waals surface area contributed by atoms with E-state index in [1.165, 1.54) is 12.1 Å². The molecule has 30 heavy (non-hydrogen) atoms. The smallest absolute Gasteiger partial charge is 0.340 e. The summed E-state index contributed by atoms with van der Waals surface area (Å²) < 4.78 is 10.7. The van der Waals surface area contributed by atoms with Gasteiger partial charge in [-0.25, -0.2) is 9.59 Å². The highest BCUT2D eigenvalue weighted by Gasteiger charge is 2.24. The van der Waals surface area contributed by atoms with Gasteiger partial charge in [-0.15, -0.1) is 0 Å². The van der Waals surface area contributed by atoms with Gasteiger partial charge in [0.2, 0.25) is 0 Å². The molecule has 0 spiro atoms. The van der Waals surface area contributed by atoms with Gasteiger partial charge in [0, 0.05) is 6.07 Å². The van der Waals surface area contributed by atoms with Crippen LogP contribution >= 0.6 is 0 Å². The molecule has 0 radical (unpaired) electrons. The van der Waals surface area contributed by atoms with Crippen LogP contribution in [0.15, 0.2) is 42.5 Å². The Kier molecular flexibility index (Phi) is 6.50. The third kappa shape index (κ3) is 6.30. The average molecular weight is 414 g/mol. The Bertz CT molecular complexity index is 970. The van der Waals surface area contributed by atoms with E-state index >= 15 is 0 Å². The second-order valence-corrected chi connectivity index (χ2v) is 8.66. The van der Waals surface area contributed by atoms with Gasteiger partial charge in [-0.3, -0.25) is 10.1 Å². The molecule has 2 aromatic carbocycles. The maximum Gasteiger partial charge on any atom is 0.340 e. The summed E-state index contributed by atoms with van der Waals surface area (Å²) in [5.41, 5.74) is -0.971. The topological polar surface area (TPSA) is 108 Å². The first-order valence-corrected chi connectivity index (χ1v) is 9.38. The van der Waals surface area contributed by atoms with E-state index in [4.69, 9.17) is 9.47 Å². The number of nitrogens with one attached hydrogen (secondary N) is 1. The number of hydrogen-bond acceptors (Lipinski definition) is 7. The molecule has 8 nitrogen and oxygen atoms in total. The zero-order valence-electron chi connectivity index (χ0n) is 17.9. The molecule has 160 valence electrons. The van der Waals surface area contributed by atoms with E-state index in [0.29, 0.717) is 5.69 Å². The fourth-order valence-corrected chi connectivity index (χ4v) is 2.50. The van der Waals surface area contributed by atoms with E-state index in [-0.39, 0.29) is 22.5 Å². The number of hydrogen-bond donors (Lipinski definition) is 1. The molecule has 0 saturated carbocycles. The summed E-state index contributed by atoms with van der Waals surface area (Å²) in [7, 11) is 0. The molecule has 0 unspecified atom stereocenters. The monoisotopic (exact) mass is 414 g/mol. The van der Waals surface area contributed by atoms with Crippen molar-refractivity contribution in [3.05, 3.63) is 63.7 Å². The van der Waals surface area contributed by atoms with E-state index < -0.39 is 28.1 Å². The Labute approximate surface area is 175 Å². The summed E-state index contributed by atoms with van der Waals surface area (Å²) in [6, 6.07) is 10.5. The molecule has 0 aromatic heterocycles. The number of benzene rings is 2. The van der Waals surface area contributed by atoms with Crippen LogP contribution in [0.2, 0.25) is 0 Å². The number of nitrogens with zero attached hydrogens (tertiary/aromatic N) is 1. The lowest BCUT2D eigenvalue weighted by atomic mass is 10.1. The number of rotatable bonds is 5. The number of para-hydroxylation sites is 1. The van der Waals surface area contributed by atoms with Gasteiger partial charge in [0.1, 0.15) is 16.9 Å². The quantitative estimate of drug-likeness (QED) is 0.404. The predicted octanol–water partition coefficient (Wildman–Crippen LogP) is 5.25. The molecule has 0 aliphatic heterocycles. The van der Waals surface area contributed by atoms with Crippen molar-refractivity contribution < 1.29 is 24.0 Å². The number of esters is 2. The second kappa shape index (κ2) is 8.52. The number of nitro benzene ring substituents is 1. The minimum atomic E-state index is -0.727. The van der Waals surface area contributed by atoms with Crippen molar-refractivity contribution in [3.63, 3.8) is 0 Å². The summed E-state index contributed by atoms with van der Waals surface area (Å²) in [5, 5.41) is 14.5. The van der Waals surface area contributed by atoms with Crippen molar-refractivity contribution in [2.45, 2.75) is 52.7 Å². The largest absolute Gasteiger partial charge is 0.456 e. The zero-order chi connectivity index (χ0) is 22.7. The standard InChI is InChI=1S/C22H26N2O6/c1-21(2,3)29-19(25)14-11-12-17(18(13-14)24(27)28)23-16-10-8-7-9-15(16)20(26)30-22(4,5)6/h7-13,23H,1-6H3. The highest BCUT2D eigenvalue weighted by atomic mass is 16.6. The Morgan fingerprint density at radius 1 is 0.867 bits per heavy atom. The van der Waals surface area contributed by atoms with Gasteiger partial charge in [0.05, 0.1) is 21.7 Å². The number of anilines is 2. The Morgan fingerprint density at radius 2 is 1.43 bits per heavy atom. The third-order valence-electron chi connectivity index (χ3n) is 3.64. The molecule has 0 aliphatic rings. The molecule has 1 N–H and O–H groups in total. The van der Waals surface area contributed by atoms with Gasteiger partial charge in [-0.05, 0) is 65.8 Å². The molecule has 0 saturated heterocycles. The summed E-state index contributed by atoms with van der Waals surface area (Å²) in [6.45, 7) is 10.4. The summed E-state index contributed by atoms with van der Waals surface area (Å²) >= 11 is 0. The Morgan fingerprint density at radius 3 is 2.00 bits per heavy atom. The molecule has 8 heteroatoms. The van der Waals surface area contributed by atoms with E-state index in [9.17, 15) is 19.7 Å². The van der Waals surface area contributed by atoms with Crippen LogP contribution in [0.1, 0.15) is 62.3 Å². The second-order valence-electron chi connectivity index (χ2n) is 8.66. The van der Waals surface area contributed by atoms with Gasteiger partial charge in [0.25, 0.3) is 5.69 Å². The highest BCUT2D eigenvalue weighted by Crippen LogP contribution is 2.31. The van der Waals surface area contributed by atoms with E-state index in [2.05, 4.69) is 5.32 Å². The van der Waals surface area contributed by atoms with Crippen molar-refractivity contribution >= 4 is 29.0 Å². The first-order valence-electron chi connectivity index (χ1n) is 9.38. The van der Waals surface area contributed by atoms with Crippen molar-refractivity contribution in [2.24, 2.45) is 0 Å². The van der Waals surface area contributed by atoms with E-state index in [1.54, 1.807) is 65.8 Å². The van der Waals surface area contributed by atoms with Gasteiger partial charge in [-0.2, -0.15) is 0 Å². The van der Waals surface area contributed by atoms with Crippen LogP contribution < -0.4 is 5.32 Å². The third-order valence-corrected chi connectivity index (χ3v) is 3.64. The van der Waals surface area contributed by atoms with E-state index in [0.717, 1.165) is 6.07 Å². The summed E-state index contributed by atoms with van der Waals surface area (Å²) in [4.78, 5) is 35.8. The zero-order valence-corrected chi connectivity index (χ0v) is 17.9. The lowest BCUT2D eigenvalue weighted by Crippen LogP contribution is -2.24. The average Bonchev–Trinajstić information content (AvgIpc) is 2.59. The van der Waals surface area contributed by atoms with Crippen LogP contribution in [0, 0.1) is 10.1 Å². The number of carbonyl (C=O) groups is 2. The number of ether oxygens (including phenoxy) is 2. The van der Waals surface area contributed by atoms with E-state index in [1.807, 2.05) is 0 Å². The minimum absolute atomic E-state index is 0.0580. The van der Waals surface area contributed by atoms with Gasteiger partial charge < -0.3 is 14.8 Å². The molecular weight excluding hydrogens is 388 g/mol. The SMILES string of the molecule is CC(C)(C)OC(=O)c1ccc(Nc2ccccc2C(=O)OC(C)(C)C)c([N+](=O)[O-])c1. The van der Waals surface area contributed by atoms with Crippen molar-refractivity contribution in [1.29, 1.82) is 0 Å². The molecule has 2 aromatic rings. The van der Waals surface area contributed by atoms with Crippen LogP contribution in [0.5, 0.6) is 0 Å². The minimum Gasteiger partial charge on any atom is -0.456 e. The van der Waals surface area contributed by atoms with Crippen LogP contribution in [0.4, 0.5) is 17.1 Å². The maximum absolute atomic E-state index is 12.5. The Balaban J connectivity index is 2.39. The van der Waals surface area contributed by atoms with Gasteiger partial charge in [-0.1, -0.05) is 12.1 Å². The van der Waals surface area contributed by atoms with Crippen molar-refractivity contribution in [2.75, 3.05) is 5.32 Å². The fourth-order valence-electron chi connectivity index (χ4n) is 2.50. The number of nitro groups is 1.